The number of hydrogen-bond acceptors (Lipinski definition) is 3. The molecule has 3 nitrogen and oxygen atoms in total. The second kappa shape index (κ2) is 33.7. The Morgan fingerprint density at radius 2 is 0.364 bits per heavy atom. The molecule has 0 bridgehead atoms. The first kappa shape index (κ1) is 77.4. The van der Waals surface area contributed by atoms with Crippen LogP contribution < -0.4 is 0 Å². The van der Waals surface area contributed by atoms with Gasteiger partial charge in [0.15, 0.2) is 0 Å². The molecule has 0 fully saturated rings. The first-order chi connectivity index (χ1) is 67.0. The largest absolute Gasteiger partial charge is 0.456 e. The van der Waals surface area contributed by atoms with Crippen molar-refractivity contribution in [3.63, 3.8) is 0 Å². The standard InChI is InChI=1S/C48H30O.C42H26O.C36H22O.3CH4/c1-2-10-31(11-3-1)32-18-20-33(21-19-32)34-22-24-35(25-23-34)47-39-14-6-8-16-41(39)48(42-17-9-7-15-40(42)47)38-26-27-45-43(29-38)44-28-36-12-4-5-13-37(36)30-46(44)49-45;1-2-12-27(13-3-1)31-16-6-7-17-32(31)42-35-20-10-8-18-33(35)41(34-19-9-11-21-36(34)42)30-22-23-39-37(25-30)38-24-28-14-4-5-15-29(28)26-40(38)43-39;1-2-11-24(12-3-1)34-27-14-6-8-16-29(27)35(30-17-9-7-15-28(30)34)25-19-20-32-31(22-25)36-26-13-5-4-10-23(26)18-21-33(36)37-32;;;/h1-30H;1-26H;1-22H;3*1H4/i;;;3*1D. The molecular formula is C129H90O3. The third-order valence-corrected chi connectivity index (χ3v) is 26.5. The first-order valence-electron chi connectivity index (χ1n) is 47.3. The van der Waals surface area contributed by atoms with Crippen LogP contribution in [0.2, 0.25) is 0 Å². The summed E-state index contributed by atoms with van der Waals surface area (Å²) in [7, 11) is 3.75. The second-order valence-electron chi connectivity index (χ2n) is 33.8. The average molecular weight is 1690 g/mol. The summed E-state index contributed by atoms with van der Waals surface area (Å²) in [5.41, 5.74) is 27.8. The van der Waals surface area contributed by atoms with Gasteiger partial charge in [-0.3, -0.25) is 0 Å². The zero-order valence-electron chi connectivity index (χ0n) is 76.3. The Labute approximate surface area is 770 Å². The lowest BCUT2D eigenvalue weighted by atomic mass is 9.83. The number of fused-ring (bicyclic) bond motifs is 19. The van der Waals surface area contributed by atoms with Gasteiger partial charge in [0.25, 0.3) is 0 Å². The van der Waals surface area contributed by atoms with E-state index in [1.807, 2.05) is 0 Å². The van der Waals surface area contributed by atoms with E-state index in [1.54, 1.807) is 0 Å². The molecule has 0 unspecified atom stereocenters. The minimum atomic E-state index is 0.911. The molecule has 624 valence electrons. The molecule has 27 aromatic rings. The number of rotatable bonds is 9. The van der Waals surface area contributed by atoms with Crippen molar-refractivity contribution < 1.29 is 17.4 Å². The Hall–Kier alpha value is -17.0. The molecule has 0 atom stereocenters. The third-order valence-electron chi connectivity index (χ3n) is 26.5. The van der Waals surface area contributed by atoms with Gasteiger partial charge >= 0.3 is 0 Å². The van der Waals surface area contributed by atoms with Crippen LogP contribution in [0.15, 0.2) is 486 Å². The van der Waals surface area contributed by atoms with E-state index in [9.17, 15) is 0 Å². The summed E-state index contributed by atoms with van der Waals surface area (Å²) in [6.07, 6.45) is 0. The van der Waals surface area contributed by atoms with E-state index in [0.717, 1.165) is 60.4 Å². The SMILES string of the molecule is [2H]C.[2H]C.[2H]C.c1ccc(-c2c3ccccc3c(-c3ccc4oc5ccc6ccccc6c5c4c3)c3ccccc23)cc1.c1ccc(-c2ccc(-c3ccc(-c4c5ccccc5c(-c5ccc6oc7cc8ccccc8cc7c6c5)c5ccccc45)cc3)cc2)cc1.c1ccc(-c2ccccc2-c2c3ccccc3c(-c3ccc4oc5cc6ccccc6cc5c4c3)c3ccccc23)cc1. The van der Waals surface area contributed by atoms with E-state index in [1.165, 1.54) is 225 Å². The quantitative estimate of drug-likeness (QED) is 0.135. The fraction of sp³-hybridized carbons (Fsp3) is 0.0233. The number of benzene rings is 24. The minimum absolute atomic E-state index is 0.911. The van der Waals surface area contributed by atoms with Crippen LogP contribution in [0.1, 0.15) is 26.3 Å². The summed E-state index contributed by atoms with van der Waals surface area (Å²) < 4.78 is 36.3. The Balaban J connectivity index is 0.000000115. The fourth-order valence-corrected chi connectivity index (χ4v) is 20.7. The summed E-state index contributed by atoms with van der Waals surface area (Å²) in [4.78, 5) is 0. The van der Waals surface area contributed by atoms with Gasteiger partial charge in [0.05, 0.1) is 0 Å². The fourth-order valence-electron chi connectivity index (χ4n) is 20.7. The molecule has 27 rings (SSSR count). The molecule has 0 aliphatic heterocycles. The topological polar surface area (TPSA) is 39.4 Å². The van der Waals surface area contributed by atoms with Gasteiger partial charge in [-0.05, 0) is 264 Å². The monoisotopic (exact) mass is 1690 g/mol. The van der Waals surface area contributed by atoms with Crippen LogP contribution >= 0.6 is 0 Å². The maximum Gasteiger partial charge on any atom is 0.136 e. The highest BCUT2D eigenvalue weighted by Gasteiger charge is 2.25. The van der Waals surface area contributed by atoms with Crippen molar-refractivity contribution in [2.24, 2.45) is 0 Å². The predicted molar refractivity (Wildman–Crippen MR) is 568 cm³/mol. The summed E-state index contributed by atoms with van der Waals surface area (Å²) in [5, 5.41) is 29.3. The maximum atomic E-state index is 6.37. The molecule has 0 N–H and O–H groups in total. The van der Waals surface area contributed by atoms with Gasteiger partial charge < -0.3 is 13.3 Å². The Kier molecular flexibility index (Phi) is 19.7. The molecular weight excluding hydrogens is 1600 g/mol. The Morgan fingerprint density at radius 3 is 0.750 bits per heavy atom. The molecule has 0 radical (unpaired) electrons. The van der Waals surface area contributed by atoms with Gasteiger partial charge in [0.1, 0.15) is 33.5 Å². The smallest absolute Gasteiger partial charge is 0.136 e. The Morgan fingerprint density at radius 1 is 0.129 bits per heavy atom. The van der Waals surface area contributed by atoms with E-state index < -0.39 is 0 Å². The van der Waals surface area contributed by atoms with Crippen molar-refractivity contribution in [1.29, 1.82) is 0 Å². The molecule has 3 heteroatoms. The van der Waals surface area contributed by atoms with Crippen molar-refractivity contribution in [2.75, 3.05) is 0 Å². The van der Waals surface area contributed by atoms with Crippen LogP contribution in [0.25, 0.3) is 263 Å². The van der Waals surface area contributed by atoms with Crippen molar-refractivity contribution in [1.82, 2.24) is 0 Å². The lowest BCUT2D eigenvalue weighted by Gasteiger charge is -2.19. The molecule has 0 aliphatic carbocycles. The number of hydrogen-bond donors (Lipinski definition) is 0. The van der Waals surface area contributed by atoms with Gasteiger partial charge in [-0.1, -0.05) is 429 Å². The highest BCUT2D eigenvalue weighted by atomic mass is 16.3. The van der Waals surface area contributed by atoms with E-state index >= 15 is 0 Å². The van der Waals surface area contributed by atoms with Gasteiger partial charge in [-0.25, -0.2) is 0 Å². The van der Waals surface area contributed by atoms with Gasteiger partial charge in [0.2, 0.25) is 0 Å². The minimum Gasteiger partial charge on any atom is -0.456 e. The van der Waals surface area contributed by atoms with Gasteiger partial charge in [-0.2, -0.15) is 0 Å². The van der Waals surface area contributed by atoms with E-state index in [4.69, 9.17) is 17.4 Å². The average Bonchev–Trinajstić information content (AvgIpc) is 1.63. The van der Waals surface area contributed by atoms with Gasteiger partial charge in [-0.15, -0.1) is 0 Å². The molecule has 0 saturated carbocycles. The molecule has 0 amide bonds. The summed E-state index contributed by atoms with van der Waals surface area (Å²) in [6.45, 7) is 0. The Bertz CT molecular complexity index is 9000. The van der Waals surface area contributed by atoms with Crippen molar-refractivity contribution in [3.8, 4) is 100 Å². The van der Waals surface area contributed by atoms with E-state index in [0.29, 0.717) is 0 Å². The normalized spacial score (nSPS) is 11.6. The van der Waals surface area contributed by atoms with Crippen LogP contribution in [0.4, 0.5) is 0 Å². The summed E-state index contributed by atoms with van der Waals surface area (Å²) in [5.74, 6) is 0. The summed E-state index contributed by atoms with van der Waals surface area (Å²) >= 11 is 0. The van der Waals surface area contributed by atoms with Crippen LogP contribution in [-0.4, -0.2) is 0 Å². The number of furan rings is 3. The molecule has 3 heterocycles. The van der Waals surface area contributed by atoms with Crippen LogP contribution in [-0.2, 0) is 0 Å². The van der Waals surface area contributed by atoms with Crippen LogP contribution in [0.3, 0.4) is 0 Å². The molecule has 0 aliphatic rings. The third kappa shape index (κ3) is 13.8. The van der Waals surface area contributed by atoms with Crippen molar-refractivity contribution >= 4 is 163 Å². The maximum absolute atomic E-state index is 6.37. The van der Waals surface area contributed by atoms with Crippen molar-refractivity contribution in [3.05, 3.63) is 473 Å². The van der Waals surface area contributed by atoms with E-state index in [-0.39, 0.29) is 0 Å². The molecule has 0 spiro atoms. The highest BCUT2D eigenvalue weighted by molar-refractivity contribution is 6.27. The van der Waals surface area contributed by atoms with Crippen LogP contribution in [0, 0.1) is 0 Å². The zero-order chi connectivity index (χ0) is 91.0. The second-order valence-corrected chi connectivity index (χ2v) is 33.8. The molecule has 0 saturated heterocycles. The molecule has 132 heavy (non-hydrogen) atoms. The lowest BCUT2D eigenvalue weighted by Crippen LogP contribution is -1.92. The lowest BCUT2D eigenvalue weighted by molar-refractivity contribution is 0.669. The predicted octanol–water partition coefficient (Wildman–Crippen LogP) is 38.0. The highest BCUT2D eigenvalue weighted by Crippen LogP contribution is 2.51. The van der Waals surface area contributed by atoms with Gasteiger partial charge in [0, 0.05) is 36.4 Å². The zero-order valence-corrected chi connectivity index (χ0v) is 73.3. The molecule has 3 aromatic heterocycles. The summed E-state index contributed by atoms with van der Waals surface area (Å²) in [6, 6.07) is 170. The first-order valence-corrected chi connectivity index (χ1v) is 44.3. The van der Waals surface area contributed by atoms with Crippen LogP contribution in [0.5, 0.6) is 0 Å². The van der Waals surface area contributed by atoms with E-state index in [2.05, 4.69) is 473 Å². The van der Waals surface area contributed by atoms with Crippen molar-refractivity contribution in [2.45, 2.75) is 22.2 Å². The molecule has 24 aromatic carbocycles.